The molecule has 0 N–H and O–H groups in total. The second kappa shape index (κ2) is 31.9. The summed E-state index contributed by atoms with van der Waals surface area (Å²) in [5.74, 6) is 0. The van der Waals surface area contributed by atoms with Crippen LogP contribution >= 0.6 is 14.5 Å². The molecular formula is C50H92O6P2S2. The van der Waals surface area contributed by atoms with E-state index in [1.54, 1.807) is 114 Å². The van der Waals surface area contributed by atoms with Gasteiger partial charge in [0.1, 0.15) is 20.2 Å². The first-order valence-corrected chi connectivity index (χ1v) is 31.9. The van der Waals surface area contributed by atoms with Crippen LogP contribution in [0, 0.1) is 41.5 Å². The first-order valence-electron chi connectivity index (χ1n) is 24.0. The normalized spacial score (nSPS) is 12.2. The third-order valence-corrected chi connectivity index (χ3v) is 24.5. The molecule has 10 heteroatoms. The van der Waals surface area contributed by atoms with Crippen molar-refractivity contribution in [3.63, 3.8) is 0 Å². The third kappa shape index (κ3) is 24.3. The van der Waals surface area contributed by atoms with Gasteiger partial charge in [-0.1, -0.05) is 128 Å². The van der Waals surface area contributed by atoms with Crippen molar-refractivity contribution in [1.29, 1.82) is 0 Å². The van der Waals surface area contributed by atoms with Crippen LogP contribution in [0.15, 0.2) is 34.1 Å². The molecular weight excluding hydrogens is 823 g/mol. The molecule has 0 amide bonds. The molecule has 0 heterocycles. The molecule has 0 fully saturated rings. The Balaban J connectivity index is 0.00000108. The second-order valence-corrected chi connectivity index (χ2v) is 29.7. The molecule has 0 unspecified atom stereocenters. The lowest BCUT2D eigenvalue weighted by atomic mass is 10.1. The van der Waals surface area contributed by atoms with E-state index in [4.69, 9.17) is 0 Å². The van der Waals surface area contributed by atoms with E-state index in [2.05, 4.69) is 41.5 Å². The Hall–Kier alpha value is -0.880. The molecule has 2 aromatic carbocycles. The maximum Gasteiger partial charge on any atom is 0.124 e. The Bertz CT molecular complexity index is 1460. The summed E-state index contributed by atoms with van der Waals surface area (Å²) >= 11 is 0. The van der Waals surface area contributed by atoms with Gasteiger partial charge in [-0.2, -0.15) is 0 Å². The Kier molecular flexibility index (Phi) is 31.4. The van der Waals surface area contributed by atoms with E-state index in [-0.39, 0.29) is 9.79 Å². The second-order valence-electron chi connectivity index (χ2n) is 18.1. The van der Waals surface area contributed by atoms with Crippen molar-refractivity contribution in [1.82, 2.24) is 0 Å². The van der Waals surface area contributed by atoms with Gasteiger partial charge in [0.25, 0.3) is 0 Å². The van der Waals surface area contributed by atoms with Crippen LogP contribution in [0.5, 0.6) is 0 Å². The van der Waals surface area contributed by atoms with Crippen LogP contribution in [-0.2, 0) is 20.2 Å². The van der Waals surface area contributed by atoms with Gasteiger partial charge in [-0.05, 0) is 128 Å². The molecule has 0 bridgehead atoms. The standard InChI is InChI=1S/C32H70P2.2C9H12O3S/c1-7-13-25-33(26-14-8-2,27-15-9-3)31-23-21-19-20-22-24-32-34(28-16-10-4,29-17-11-5)30-18-12-6;2*1-6-4-7(2)9(8(3)5-6)13(10,11)12/h7-32H2,1-6H3;2*4-5H,1-3H3,(H,10,11,12)/q+2;;/p-2. The number of benzene rings is 2. The Morgan fingerprint density at radius 2 is 0.533 bits per heavy atom. The summed E-state index contributed by atoms with van der Waals surface area (Å²) in [4.78, 5) is -0.170. The van der Waals surface area contributed by atoms with Crippen LogP contribution in [0.25, 0.3) is 0 Å². The molecule has 2 aromatic rings. The van der Waals surface area contributed by atoms with E-state index < -0.39 is 34.8 Å². The lowest BCUT2D eigenvalue weighted by Gasteiger charge is -2.28. The number of hydrogen-bond acceptors (Lipinski definition) is 6. The van der Waals surface area contributed by atoms with E-state index in [0.29, 0.717) is 22.3 Å². The molecule has 0 saturated carbocycles. The largest absolute Gasteiger partial charge is 0.744 e. The van der Waals surface area contributed by atoms with Gasteiger partial charge in [-0.15, -0.1) is 0 Å². The lowest BCUT2D eigenvalue weighted by molar-refractivity contribution is 0.459. The Morgan fingerprint density at radius 1 is 0.350 bits per heavy atom. The summed E-state index contributed by atoms with van der Waals surface area (Å²) < 4.78 is 65.0. The van der Waals surface area contributed by atoms with Crippen LogP contribution in [0.4, 0.5) is 0 Å². The number of unbranched alkanes of at least 4 members (excludes halogenated alkanes) is 11. The fourth-order valence-corrected chi connectivity index (χ4v) is 21.2. The minimum absolute atomic E-state index is 0.0851. The minimum atomic E-state index is -4.33. The quantitative estimate of drug-likeness (QED) is 0.0456. The van der Waals surface area contributed by atoms with Gasteiger partial charge < -0.3 is 9.11 Å². The molecule has 60 heavy (non-hydrogen) atoms. The molecule has 0 saturated heterocycles. The van der Waals surface area contributed by atoms with Gasteiger partial charge in [0, 0.05) is 14.5 Å². The van der Waals surface area contributed by atoms with Crippen molar-refractivity contribution >= 4 is 34.8 Å². The summed E-state index contributed by atoms with van der Waals surface area (Å²) in [7, 11) is -9.98. The molecule has 0 radical (unpaired) electrons. The van der Waals surface area contributed by atoms with E-state index in [9.17, 15) is 25.9 Å². The third-order valence-electron chi connectivity index (χ3n) is 12.1. The summed E-state index contributed by atoms with van der Waals surface area (Å²) in [6, 6.07) is 6.77. The monoisotopic (exact) mass is 915 g/mol. The van der Waals surface area contributed by atoms with Gasteiger partial charge in [-0.25, -0.2) is 16.8 Å². The molecule has 0 aliphatic heterocycles. The van der Waals surface area contributed by atoms with E-state index in [1.807, 2.05) is 13.8 Å². The molecule has 0 atom stereocenters. The Labute approximate surface area is 374 Å². The smallest absolute Gasteiger partial charge is 0.124 e. The highest BCUT2D eigenvalue weighted by atomic mass is 32.2. The summed E-state index contributed by atoms with van der Waals surface area (Å²) in [6.45, 7) is 24.6. The van der Waals surface area contributed by atoms with Gasteiger partial charge in [0.05, 0.1) is 59.1 Å². The molecule has 0 aliphatic rings. The van der Waals surface area contributed by atoms with Crippen molar-refractivity contribution in [3.05, 3.63) is 57.6 Å². The van der Waals surface area contributed by atoms with Gasteiger partial charge in [0.15, 0.2) is 0 Å². The zero-order chi connectivity index (χ0) is 45.8. The fraction of sp³-hybridized carbons (Fsp3) is 0.760. The summed E-state index contributed by atoms with van der Waals surface area (Å²) in [5, 5.41) is 0. The van der Waals surface area contributed by atoms with Gasteiger partial charge >= 0.3 is 0 Å². The predicted octanol–water partition coefficient (Wildman–Crippen LogP) is 15.2. The molecule has 6 nitrogen and oxygen atoms in total. The lowest BCUT2D eigenvalue weighted by Crippen LogP contribution is -2.13. The van der Waals surface area contributed by atoms with Crippen LogP contribution < -0.4 is 0 Å². The molecule has 0 aromatic heterocycles. The van der Waals surface area contributed by atoms with Crippen molar-refractivity contribution in [2.24, 2.45) is 0 Å². The summed E-state index contributed by atoms with van der Waals surface area (Å²) in [6.07, 6.45) is 39.5. The van der Waals surface area contributed by atoms with E-state index in [0.717, 1.165) is 11.1 Å². The number of aryl methyl sites for hydroxylation is 6. The molecule has 0 aliphatic carbocycles. The average Bonchev–Trinajstić information content (AvgIpc) is 3.15. The molecule has 0 spiro atoms. The maximum atomic E-state index is 10.8. The van der Waals surface area contributed by atoms with E-state index >= 15 is 0 Å². The highest BCUT2D eigenvalue weighted by Crippen LogP contribution is 2.62. The van der Waals surface area contributed by atoms with Crippen molar-refractivity contribution in [2.75, 3.05) is 49.3 Å². The Morgan fingerprint density at radius 3 is 0.717 bits per heavy atom. The minimum Gasteiger partial charge on any atom is -0.744 e. The van der Waals surface area contributed by atoms with Crippen LogP contribution in [0.2, 0.25) is 0 Å². The first-order chi connectivity index (χ1) is 28.2. The van der Waals surface area contributed by atoms with E-state index in [1.165, 1.54) is 103 Å². The van der Waals surface area contributed by atoms with Crippen LogP contribution in [0.1, 0.15) is 190 Å². The first kappa shape index (κ1) is 59.1. The highest BCUT2D eigenvalue weighted by Gasteiger charge is 2.35. The zero-order valence-electron chi connectivity index (χ0n) is 40.9. The summed E-state index contributed by atoms with van der Waals surface area (Å²) in [5.41, 5.74) is 4.00. The topological polar surface area (TPSA) is 114 Å². The number of rotatable bonds is 29. The average molecular weight is 915 g/mol. The van der Waals surface area contributed by atoms with Gasteiger partial charge in [-0.3, -0.25) is 0 Å². The molecule has 350 valence electrons. The van der Waals surface area contributed by atoms with Crippen LogP contribution in [0.3, 0.4) is 0 Å². The highest BCUT2D eigenvalue weighted by molar-refractivity contribution is 7.86. The van der Waals surface area contributed by atoms with Crippen molar-refractivity contribution in [3.8, 4) is 0 Å². The van der Waals surface area contributed by atoms with Crippen molar-refractivity contribution < 1.29 is 25.9 Å². The number of hydrogen-bond donors (Lipinski definition) is 0. The SMILES string of the molecule is CCCC[P+](CCCC)(CCCC)CCCCCCCC[P+](CCCC)(CCCC)CCCC.Cc1cc(C)c(S(=O)(=O)[O-])c(C)c1.Cc1cc(C)c(S(=O)(=O)[O-])c(C)c1. The zero-order valence-corrected chi connectivity index (χ0v) is 44.3. The maximum absolute atomic E-state index is 10.8. The molecule has 2 rings (SSSR count). The van der Waals surface area contributed by atoms with Crippen LogP contribution in [-0.4, -0.2) is 75.2 Å². The van der Waals surface area contributed by atoms with Gasteiger partial charge in [0.2, 0.25) is 0 Å². The fourth-order valence-electron chi connectivity index (χ4n) is 9.03. The van der Waals surface area contributed by atoms with Crippen molar-refractivity contribution in [2.45, 2.75) is 208 Å². The predicted molar refractivity (Wildman–Crippen MR) is 267 cm³/mol.